The largest absolute Gasteiger partial charge is 0.338 e. The number of hydrogen-bond acceptors (Lipinski definition) is 3. The van der Waals surface area contributed by atoms with Gasteiger partial charge in [-0.1, -0.05) is 6.92 Å². The number of likely N-dealkylation sites (tertiary alicyclic amines) is 1. The Bertz CT molecular complexity index is 453. The van der Waals surface area contributed by atoms with Gasteiger partial charge in [-0.05, 0) is 63.7 Å². The maximum Gasteiger partial charge on any atom is 0.263 e. The van der Waals surface area contributed by atoms with E-state index in [0.717, 1.165) is 49.7 Å². The van der Waals surface area contributed by atoms with Crippen LogP contribution in [0.25, 0.3) is 0 Å². The van der Waals surface area contributed by atoms with Gasteiger partial charge in [-0.15, -0.1) is 23.7 Å². The number of aryl methyl sites for hydroxylation is 2. The first-order valence-corrected chi connectivity index (χ1v) is 8.50. The fourth-order valence-electron chi connectivity index (χ4n) is 2.91. The van der Waals surface area contributed by atoms with Crippen molar-refractivity contribution in [1.82, 2.24) is 10.2 Å². The molecule has 0 atom stereocenters. The molecule has 1 saturated heterocycles. The molecule has 0 unspecified atom stereocenters. The zero-order valence-electron chi connectivity index (χ0n) is 13.3. The highest BCUT2D eigenvalue weighted by atomic mass is 35.5. The summed E-state index contributed by atoms with van der Waals surface area (Å²) in [6, 6.07) is 2.09. The van der Waals surface area contributed by atoms with Crippen molar-refractivity contribution < 1.29 is 4.79 Å². The average molecular weight is 331 g/mol. The van der Waals surface area contributed by atoms with E-state index in [0.29, 0.717) is 0 Å². The summed E-state index contributed by atoms with van der Waals surface area (Å²) in [7, 11) is 2.00. The zero-order chi connectivity index (χ0) is 14.5. The average Bonchev–Trinajstić information content (AvgIpc) is 2.86. The monoisotopic (exact) mass is 330 g/mol. The summed E-state index contributed by atoms with van der Waals surface area (Å²) in [5.74, 6) is 1.02. The van der Waals surface area contributed by atoms with E-state index < -0.39 is 0 Å². The summed E-state index contributed by atoms with van der Waals surface area (Å²) in [4.78, 5) is 16.8. The minimum atomic E-state index is 0. The molecule has 1 aliphatic rings. The Morgan fingerprint density at radius 2 is 2.10 bits per heavy atom. The van der Waals surface area contributed by atoms with Gasteiger partial charge in [0.2, 0.25) is 0 Å². The molecule has 1 aliphatic heterocycles. The number of nitrogens with one attached hydrogen (secondary N) is 1. The highest BCUT2D eigenvalue weighted by Crippen LogP contribution is 2.26. The first-order valence-electron chi connectivity index (χ1n) is 7.68. The highest BCUT2D eigenvalue weighted by molar-refractivity contribution is 7.14. The molecule has 1 aromatic rings. The Hall–Kier alpha value is -0.580. The highest BCUT2D eigenvalue weighted by Gasteiger charge is 2.24. The lowest BCUT2D eigenvalue weighted by molar-refractivity contribution is 0.0692. The summed E-state index contributed by atoms with van der Waals surface area (Å²) in [6.45, 7) is 7.20. The Morgan fingerprint density at radius 1 is 1.43 bits per heavy atom. The van der Waals surface area contributed by atoms with Crippen LogP contribution in [0, 0.1) is 12.8 Å². The van der Waals surface area contributed by atoms with Crippen LogP contribution in [0.3, 0.4) is 0 Å². The Morgan fingerprint density at radius 3 is 2.62 bits per heavy atom. The lowest BCUT2D eigenvalue weighted by atomic mass is 9.93. The van der Waals surface area contributed by atoms with E-state index in [2.05, 4.69) is 25.2 Å². The fourth-order valence-corrected chi connectivity index (χ4v) is 3.99. The number of carbonyl (C=O) groups is 1. The third kappa shape index (κ3) is 4.70. The normalized spacial score (nSPS) is 15.9. The predicted octanol–water partition coefficient (Wildman–Crippen LogP) is 3.50. The number of amides is 1. The molecule has 0 spiro atoms. The van der Waals surface area contributed by atoms with Crippen molar-refractivity contribution in [2.24, 2.45) is 5.92 Å². The van der Waals surface area contributed by atoms with Crippen molar-refractivity contribution in [2.45, 2.75) is 39.5 Å². The summed E-state index contributed by atoms with van der Waals surface area (Å²) in [5.41, 5.74) is 1.32. The van der Waals surface area contributed by atoms with Crippen LogP contribution in [0.15, 0.2) is 6.07 Å². The van der Waals surface area contributed by atoms with Gasteiger partial charge in [-0.25, -0.2) is 0 Å². The molecule has 1 aromatic heterocycles. The van der Waals surface area contributed by atoms with E-state index in [-0.39, 0.29) is 18.3 Å². The molecule has 3 nitrogen and oxygen atoms in total. The van der Waals surface area contributed by atoms with Crippen molar-refractivity contribution in [2.75, 3.05) is 26.7 Å². The number of carbonyl (C=O) groups excluding carboxylic acids is 1. The van der Waals surface area contributed by atoms with E-state index in [4.69, 9.17) is 0 Å². The molecule has 0 aliphatic carbocycles. The summed E-state index contributed by atoms with van der Waals surface area (Å²) >= 11 is 1.65. The first kappa shape index (κ1) is 18.5. The smallest absolute Gasteiger partial charge is 0.263 e. The maximum atomic E-state index is 12.5. The molecule has 21 heavy (non-hydrogen) atoms. The Balaban J connectivity index is 0.00000220. The molecule has 1 amide bonds. The maximum absolute atomic E-state index is 12.5. The van der Waals surface area contributed by atoms with Crippen LogP contribution in [0.4, 0.5) is 0 Å². The molecule has 5 heteroatoms. The van der Waals surface area contributed by atoms with Crippen molar-refractivity contribution >= 4 is 29.7 Å². The van der Waals surface area contributed by atoms with E-state index in [9.17, 15) is 4.79 Å². The summed E-state index contributed by atoms with van der Waals surface area (Å²) < 4.78 is 0. The van der Waals surface area contributed by atoms with E-state index in [1.165, 1.54) is 16.9 Å². The number of hydrogen-bond donors (Lipinski definition) is 1. The van der Waals surface area contributed by atoms with Gasteiger partial charge in [-0.3, -0.25) is 4.79 Å². The van der Waals surface area contributed by atoms with Crippen molar-refractivity contribution in [3.05, 3.63) is 21.4 Å². The molecular weight excluding hydrogens is 304 g/mol. The molecular formula is C16H27ClN2OS. The number of halogens is 1. The molecule has 1 fully saturated rings. The van der Waals surface area contributed by atoms with Crippen LogP contribution >= 0.6 is 23.7 Å². The Kier molecular flexibility index (Phi) is 7.71. The molecule has 0 aromatic carbocycles. The summed E-state index contributed by atoms with van der Waals surface area (Å²) in [6.07, 6.45) is 4.55. The standard InChI is InChI=1S/C16H26N2OS.ClH/c1-4-14-11-15(20-12(14)2)16(19)18-9-6-13(7-10-18)5-8-17-3;/h11,13,17H,4-10H2,1-3H3;1H. The van der Waals surface area contributed by atoms with Gasteiger partial charge in [0.25, 0.3) is 5.91 Å². The van der Waals surface area contributed by atoms with Crippen molar-refractivity contribution in [3.8, 4) is 0 Å². The van der Waals surface area contributed by atoms with Gasteiger partial charge in [0.15, 0.2) is 0 Å². The number of piperidine rings is 1. The molecule has 120 valence electrons. The van der Waals surface area contributed by atoms with E-state index in [1.807, 2.05) is 11.9 Å². The third-order valence-electron chi connectivity index (χ3n) is 4.32. The van der Waals surface area contributed by atoms with Crippen LogP contribution in [0.5, 0.6) is 0 Å². The minimum Gasteiger partial charge on any atom is -0.338 e. The van der Waals surface area contributed by atoms with Crippen LogP contribution in [0.2, 0.25) is 0 Å². The molecule has 0 bridgehead atoms. The second-order valence-corrected chi connectivity index (χ2v) is 6.93. The molecule has 0 saturated carbocycles. The van der Waals surface area contributed by atoms with Gasteiger partial charge < -0.3 is 10.2 Å². The number of nitrogens with zero attached hydrogens (tertiary/aromatic N) is 1. The fraction of sp³-hybridized carbons (Fsp3) is 0.688. The van der Waals surface area contributed by atoms with Crippen LogP contribution in [-0.4, -0.2) is 37.5 Å². The van der Waals surface area contributed by atoms with Gasteiger partial charge in [0.1, 0.15) is 0 Å². The molecule has 2 heterocycles. The Labute approximate surface area is 138 Å². The predicted molar refractivity (Wildman–Crippen MR) is 92.9 cm³/mol. The van der Waals surface area contributed by atoms with Crippen LogP contribution in [0.1, 0.15) is 46.3 Å². The third-order valence-corrected chi connectivity index (χ3v) is 5.40. The summed E-state index contributed by atoms with van der Waals surface area (Å²) in [5, 5.41) is 3.21. The SMILES string of the molecule is CCc1cc(C(=O)N2CCC(CCNC)CC2)sc1C.Cl. The quantitative estimate of drug-likeness (QED) is 0.896. The van der Waals surface area contributed by atoms with Crippen LogP contribution in [-0.2, 0) is 6.42 Å². The zero-order valence-corrected chi connectivity index (χ0v) is 14.9. The topological polar surface area (TPSA) is 32.3 Å². The van der Waals surface area contributed by atoms with Gasteiger partial charge >= 0.3 is 0 Å². The van der Waals surface area contributed by atoms with Gasteiger partial charge in [0.05, 0.1) is 4.88 Å². The second kappa shape index (κ2) is 8.76. The van der Waals surface area contributed by atoms with Gasteiger partial charge in [-0.2, -0.15) is 0 Å². The van der Waals surface area contributed by atoms with Crippen molar-refractivity contribution in [1.29, 1.82) is 0 Å². The van der Waals surface area contributed by atoms with Crippen molar-refractivity contribution in [3.63, 3.8) is 0 Å². The lowest BCUT2D eigenvalue weighted by Gasteiger charge is -2.31. The van der Waals surface area contributed by atoms with Crippen LogP contribution < -0.4 is 5.32 Å². The first-order chi connectivity index (χ1) is 9.65. The van der Waals surface area contributed by atoms with E-state index >= 15 is 0 Å². The van der Waals surface area contributed by atoms with Gasteiger partial charge in [0, 0.05) is 18.0 Å². The molecule has 2 rings (SSSR count). The second-order valence-electron chi connectivity index (χ2n) is 5.67. The minimum absolute atomic E-state index is 0. The lowest BCUT2D eigenvalue weighted by Crippen LogP contribution is -2.38. The number of rotatable bonds is 5. The van der Waals surface area contributed by atoms with E-state index in [1.54, 1.807) is 11.3 Å². The molecule has 1 N–H and O–H groups in total. The number of thiophene rings is 1. The molecule has 0 radical (unpaired) electrons.